The van der Waals surface area contributed by atoms with E-state index >= 15 is 0 Å². The lowest BCUT2D eigenvalue weighted by molar-refractivity contribution is -0.142. The molecule has 3 aliphatic heterocycles. The van der Waals surface area contributed by atoms with Crippen LogP contribution in [0, 0.1) is 5.92 Å². The number of amides is 1. The van der Waals surface area contributed by atoms with Crippen molar-refractivity contribution in [3.8, 4) is 0 Å². The van der Waals surface area contributed by atoms with Crippen molar-refractivity contribution >= 4 is 5.91 Å². The number of likely N-dealkylation sites (tertiary alicyclic amines) is 2. The summed E-state index contributed by atoms with van der Waals surface area (Å²) in [6.07, 6.45) is 7.29. The minimum atomic E-state index is 0.0611. The molecule has 0 radical (unpaired) electrons. The maximum Gasteiger partial charge on any atom is 0.240 e. The van der Waals surface area contributed by atoms with E-state index in [1.807, 2.05) is 0 Å². The third kappa shape index (κ3) is 4.50. The monoisotopic (exact) mass is 338 g/mol. The highest BCUT2D eigenvalue weighted by Gasteiger charge is 2.35. The van der Waals surface area contributed by atoms with E-state index in [9.17, 15) is 4.79 Å². The first kappa shape index (κ1) is 18.2. The SMILES string of the molecule is CC(C)[C@@H](C(=O)N1CCC(O[C@H]2CCOC2)CC1)N1CCCCC1. The van der Waals surface area contributed by atoms with Gasteiger partial charge < -0.3 is 14.4 Å². The van der Waals surface area contributed by atoms with Crippen molar-refractivity contribution in [3.05, 3.63) is 0 Å². The Morgan fingerprint density at radius 1 is 1.00 bits per heavy atom. The van der Waals surface area contributed by atoms with Crippen LogP contribution in [-0.2, 0) is 14.3 Å². The number of hydrogen-bond acceptors (Lipinski definition) is 4. The van der Waals surface area contributed by atoms with Gasteiger partial charge in [-0.05, 0) is 51.1 Å². The summed E-state index contributed by atoms with van der Waals surface area (Å²) in [6, 6.07) is 0.0611. The van der Waals surface area contributed by atoms with Crippen LogP contribution in [0.2, 0.25) is 0 Å². The van der Waals surface area contributed by atoms with Crippen LogP contribution in [0.4, 0.5) is 0 Å². The molecule has 0 bridgehead atoms. The van der Waals surface area contributed by atoms with Crippen LogP contribution in [0.3, 0.4) is 0 Å². The topological polar surface area (TPSA) is 42.0 Å². The fourth-order valence-electron chi connectivity index (χ4n) is 4.35. The van der Waals surface area contributed by atoms with E-state index in [-0.39, 0.29) is 12.1 Å². The Morgan fingerprint density at radius 3 is 2.29 bits per heavy atom. The molecule has 1 amide bonds. The summed E-state index contributed by atoms with van der Waals surface area (Å²) >= 11 is 0. The van der Waals surface area contributed by atoms with Gasteiger partial charge in [-0.3, -0.25) is 9.69 Å². The molecule has 3 rings (SSSR count). The molecule has 3 heterocycles. The van der Waals surface area contributed by atoms with Gasteiger partial charge >= 0.3 is 0 Å². The predicted octanol–water partition coefficient (Wildman–Crippen LogP) is 2.29. The molecular weight excluding hydrogens is 304 g/mol. The van der Waals surface area contributed by atoms with E-state index in [0.717, 1.165) is 58.7 Å². The van der Waals surface area contributed by atoms with Crippen LogP contribution < -0.4 is 0 Å². The second kappa shape index (κ2) is 8.63. The van der Waals surface area contributed by atoms with Gasteiger partial charge in [0.05, 0.1) is 24.9 Å². The lowest BCUT2D eigenvalue weighted by Gasteiger charge is -2.41. The summed E-state index contributed by atoms with van der Waals surface area (Å²) in [4.78, 5) is 17.6. The average Bonchev–Trinajstić information content (AvgIpc) is 3.09. The highest BCUT2D eigenvalue weighted by molar-refractivity contribution is 5.82. The van der Waals surface area contributed by atoms with E-state index in [0.29, 0.717) is 17.9 Å². The lowest BCUT2D eigenvalue weighted by atomic mass is 9.96. The highest BCUT2D eigenvalue weighted by Crippen LogP contribution is 2.23. The molecule has 0 saturated carbocycles. The average molecular weight is 338 g/mol. The Labute approximate surface area is 146 Å². The molecular formula is C19H34N2O3. The van der Waals surface area contributed by atoms with Crippen molar-refractivity contribution in [2.75, 3.05) is 39.4 Å². The van der Waals surface area contributed by atoms with Crippen LogP contribution in [0.25, 0.3) is 0 Å². The molecule has 2 atom stereocenters. The van der Waals surface area contributed by atoms with Crippen molar-refractivity contribution in [3.63, 3.8) is 0 Å². The van der Waals surface area contributed by atoms with E-state index < -0.39 is 0 Å². The van der Waals surface area contributed by atoms with Gasteiger partial charge in [0.1, 0.15) is 0 Å². The first-order valence-electron chi connectivity index (χ1n) is 9.91. The van der Waals surface area contributed by atoms with Crippen molar-refractivity contribution in [2.24, 2.45) is 5.92 Å². The second-order valence-electron chi connectivity index (χ2n) is 7.93. The van der Waals surface area contributed by atoms with Crippen molar-refractivity contribution in [1.82, 2.24) is 9.80 Å². The smallest absolute Gasteiger partial charge is 0.240 e. The van der Waals surface area contributed by atoms with Gasteiger partial charge in [0.15, 0.2) is 0 Å². The largest absolute Gasteiger partial charge is 0.379 e. The second-order valence-corrected chi connectivity index (χ2v) is 7.93. The molecule has 24 heavy (non-hydrogen) atoms. The third-order valence-electron chi connectivity index (χ3n) is 5.70. The summed E-state index contributed by atoms with van der Waals surface area (Å²) < 4.78 is 11.5. The summed E-state index contributed by atoms with van der Waals surface area (Å²) in [7, 11) is 0. The van der Waals surface area contributed by atoms with Crippen molar-refractivity contribution in [2.45, 2.75) is 70.6 Å². The highest BCUT2D eigenvalue weighted by atomic mass is 16.5. The van der Waals surface area contributed by atoms with Gasteiger partial charge in [-0.15, -0.1) is 0 Å². The van der Waals surface area contributed by atoms with Gasteiger partial charge in [-0.25, -0.2) is 0 Å². The molecule has 3 aliphatic rings. The fraction of sp³-hybridized carbons (Fsp3) is 0.947. The first-order valence-corrected chi connectivity index (χ1v) is 9.91. The van der Waals surface area contributed by atoms with Gasteiger partial charge in [-0.2, -0.15) is 0 Å². The molecule has 0 aromatic heterocycles. The Kier molecular flexibility index (Phi) is 6.53. The number of hydrogen-bond donors (Lipinski definition) is 0. The summed E-state index contributed by atoms with van der Waals surface area (Å²) in [5, 5.41) is 0. The van der Waals surface area contributed by atoms with Crippen LogP contribution >= 0.6 is 0 Å². The van der Waals surface area contributed by atoms with Crippen LogP contribution in [-0.4, -0.2) is 73.3 Å². The molecule has 138 valence electrons. The Balaban J connectivity index is 1.50. The predicted molar refractivity (Wildman–Crippen MR) is 94.0 cm³/mol. The van der Waals surface area contributed by atoms with Crippen LogP contribution in [0.5, 0.6) is 0 Å². The molecule has 3 fully saturated rings. The molecule has 5 nitrogen and oxygen atoms in total. The quantitative estimate of drug-likeness (QED) is 0.771. The van der Waals surface area contributed by atoms with E-state index in [4.69, 9.17) is 9.47 Å². The molecule has 0 aliphatic carbocycles. The fourth-order valence-corrected chi connectivity index (χ4v) is 4.35. The Morgan fingerprint density at radius 2 is 1.71 bits per heavy atom. The standard InChI is InChI=1S/C19H34N2O3/c1-15(2)18(20-9-4-3-5-10-20)19(22)21-11-6-16(7-12-21)24-17-8-13-23-14-17/h15-18H,3-14H2,1-2H3/t17-,18-/m0/s1. The summed E-state index contributed by atoms with van der Waals surface area (Å²) in [5.41, 5.74) is 0. The van der Waals surface area contributed by atoms with E-state index in [1.165, 1.54) is 19.3 Å². The number of ether oxygens (including phenoxy) is 2. The number of nitrogens with zero attached hydrogens (tertiary/aromatic N) is 2. The third-order valence-corrected chi connectivity index (χ3v) is 5.70. The zero-order chi connectivity index (χ0) is 16.9. The van der Waals surface area contributed by atoms with E-state index in [2.05, 4.69) is 23.6 Å². The van der Waals surface area contributed by atoms with Crippen LogP contribution in [0.15, 0.2) is 0 Å². The Bertz CT molecular complexity index is 395. The molecule has 3 saturated heterocycles. The van der Waals surface area contributed by atoms with Gasteiger partial charge in [0.25, 0.3) is 0 Å². The Hall–Kier alpha value is -0.650. The minimum Gasteiger partial charge on any atom is -0.379 e. The number of rotatable bonds is 5. The molecule has 5 heteroatoms. The number of piperidine rings is 2. The lowest BCUT2D eigenvalue weighted by Crippen LogP contribution is -2.54. The maximum atomic E-state index is 13.1. The van der Waals surface area contributed by atoms with Crippen molar-refractivity contribution in [1.29, 1.82) is 0 Å². The molecule has 0 aromatic rings. The first-order chi connectivity index (χ1) is 11.6. The molecule has 0 aromatic carbocycles. The van der Waals surface area contributed by atoms with Gasteiger partial charge in [0.2, 0.25) is 5.91 Å². The maximum absolute atomic E-state index is 13.1. The molecule has 0 N–H and O–H groups in total. The number of carbonyl (C=O) groups is 1. The minimum absolute atomic E-state index is 0.0611. The van der Waals surface area contributed by atoms with Crippen LogP contribution in [0.1, 0.15) is 52.4 Å². The van der Waals surface area contributed by atoms with Crippen molar-refractivity contribution < 1.29 is 14.3 Å². The van der Waals surface area contributed by atoms with Gasteiger partial charge in [-0.1, -0.05) is 20.3 Å². The zero-order valence-electron chi connectivity index (χ0n) is 15.4. The number of carbonyl (C=O) groups excluding carboxylic acids is 1. The van der Waals surface area contributed by atoms with Gasteiger partial charge in [0, 0.05) is 19.7 Å². The van der Waals surface area contributed by atoms with E-state index in [1.54, 1.807) is 0 Å². The summed E-state index contributed by atoms with van der Waals surface area (Å²) in [6.45, 7) is 9.78. The molecule has 0 unspecified atom stereocenters. The summed E-state index contributed by atoms with van der Waals surface area (Å²) in [5.74, 6) is 0.717. The normalized spacial score (nSPS) is 28.5. The zero-order valence-corrected chi connectivity index (χ0v) is 15.4. The molecule has 0 spiro atoms.